The average molecular weight is 337 g/mol. The van der Waals surface area contributed by atoms with E-state index in [-0.39, 0.29) is 0 Å². The zero-order chi connectivity index (χ0) is 13.5. The maximum atomic E-state index is 5.88. The third-order valence-corrected chi connectivity index (χ3v) is 4.26. The van der Waals surface area contributed by atoms with Gasteiger partial charge in [-0.15, -0.1) is 11.6 Å². The van der Waals surface area contributed by atoms with Crippen LogP contribution in [0.4, 0.5) is 0 Å². The van der Waals surface area contributed by atoms with Crippen molar-refractivity contribution in [3.8, 4) is 0 Å². The second-order valence-electron chi connectivity index (χ2n) is 4.48. The Morgan fingerprint density at radius 2 is 2.06 bits per heavy atom. The second kappa shape index (κ2) is 8.18. The van der Waals surface area contributed by atoms with Crippen molar-refractivity contribution in [2.24, 2.45) is 0 Å². The van der Waals surface area contributed by atoms with Crippen LogP contribution >= 0.6 is 27.5 Å². The molecule has 1 heterocycles. The molecule has 0 aromatic carbocycles. The molecule has 0 bridgehead atoms. The van der Waals surface area contributed by atoms with E-state index in [4.69, 9.17) is 11.6 Å². The van der Waals surface area contributed by atoms with Crippen LogP contribution < -0.4 is 0 Å². The lowest BCUT2D eigenvalue weighted by Gasteiger charge is -2.21. The van der Waals surface area contributed by atoms with Crippen molar-refractivity contribution in [2.45, 2.75) is 46.7 Å². The maximum absolute atomic E-state index is 5.88. The van der Waals surface area contributed by atoms with Gasteiger partial charge in [-0.05, 0) is 42.7 Å². The first-order valence-electron chi connectivity index (χ1n) is 6.64. The molecule has 1 rings (SSSR count). The van der Waals surface area contributed by atoms with Crippen molar-refractivity contribution in [1.29, 1.82) is 0 Å². The molecule has 0 saturated carbocycles. The molecule has 0 aliphatic carbocycles. The summed E-state index contributed by atoms with van der Waals surface area (Å²) in [7, 11) is 0. The Kier molecular flexibility index (Phi) is 7.27. The molecule has 104 valence electrons. The van der Waals surface area contributed by atoms with Crippen LogP contribution in [0.5, 0.6) is 0 Å². The van der Waals surface area contributed by atoms with Crippen molar-refractivity contribution in [1.82, 2.24) is 14.7 Å². The molecule has 0 aliphatic rings. The monoisotopic (exact) mass is 335 g/mol. The summed E-state index contributed by atoms with van der Waals surface area (Å²) in [5.74, 6) is 0.681. The largest absolute Gasteiger partial charge is 0.296 e. The van der Waals surface area contributed by atoms with Crippen molar-refractivity contribution in [3.05, 3.63) is 15.9 Å². The lowest BCUT2D eigenvalue weighted by atomic mass is 10.3. The molecule has 0 fully saturated rings. The van der Waals surface area contributed by atoms with Crippen LogP contribution in [-0.4, -0.2) is 33.6 Å². The molecule has 1 aromatic rings. The minimum atomic E-state index is 0.681. The number of aryl methyl sites for hydroxylation is 2. The van der Waals surface area contributed by atoms with Gasteiger partial charge in [0, 0.05) is 25.5 Å². The van der Waals surface area contributed by atoms with E-state index in [2.05, 4.69) is 44.5 Å². The molecule has 1 aromatic heterocycles. The van der Waals surface area contributed by atoms with Gasteiger partial charge in [0.15, 0.2) is 0 Å². The molecule has 0 saturated heterocycles. The molecule has 5 heteroatoms. The Labute approximate surface area is 124 Å². The summed E-state index contributed by atoms with van der Waals surface area (Å²) in [5.41, 5.74) is 2.32. The Morgan fingerprint density at radius 3 is 2.61 bits per heavy atom. The van der Waals surface area contributed by atoms with Crippen LogP contribution in [0.15, 0.2) is 4.47 Å². The number of hydrogen-bond acceptors (Lipinski definition) is 2. The number of alkyl halides is 1. The van der Waals surface area contributed by atoms with Crippen LogP contribution in [0.3, 0.4) is 0 Å². The van der Waals surface area contributed by atoms with Crippen LogP contribution in [0.25, 0.3) is 0 Å². The second-order valence-corrected chi connectivity index (χ2v) is 5.65. The van der Waals surface area contributed by atoms with Gasteiger partial charge in [0.1, 0.15) is 0 Å². The SMILES string of the molecule is CCCCN(CCCl)Cc1c(Br)c(C)nn1CC. The minimum Gasteiger partial charge on any atom is -0.296 e. The molecule has 0 N–H and O–H groups in total. The van der Waals surface area contributed by atoms with E-state index in [1.165, 1.54) is 18.5 Å². The number of hydrogen-bond donors (Lipinski definition) is 0. The fourth-order valence-corrected chi connectivity index (χ4v) is 2.65. The normalized spacial score (nSPS) is 11.4. The first-order valence-corrected chi connectivity index (χ1v) is 7.96. The van der Waals surface area contributed by atoms with Gasteiger partial charge >= 0.3 is 0 Å². The van der Waals surface area contributed by atoms with E-state index in [0.29, 0.717) is 5.88 Å². The molecular formula is C13H23BrClN3. The first-order chi connectivity index (χ1) is 8.63. The molecule has 0 amide bonds. The highest BCUT2D eigenvalue weighted by Gasteiger charge is 2.15. The predicted molar refractivity (Wildman–Crippen MR) is 81.2 cm³/mol. The highest BCUT2D eigenvalue weighted by Crippen LogP contribution is 2.22. The van der Waals surface area contributed by atoms with Gasteiger partial charge in [0.2, 0.25) is 0 Å². The van der Waals surface area contributed by atoms with E-state index in [0.717, 1.165) is 36.3 Å². The summed E-state index contributed by atoms with van der Waals surface area (Å²) in [4.78, 5) is 2.41. The van der Waals surface area contributed by atoms with E-state index < -0.39 is 0 Å². The Hall–Kier alpha value is -0.0600. The quantitative estimate of drug-likeness (QED) is 0.673. The summed E-state index contributed by atoms with van der Waals surface area (Å²) in [6.07, 6.45) is 2.43. The lowest BCUT2D eigenvalue weighted by Crippen LogP contribution is -2.28. The number of nitrogens with zero attached hydrogens (tertiary/aromatic N) is 3. The summed E-state index contributed by atoms with van der Waals surface area (Å²) < 4.78 is 3.22. The number of halogens is 2. The predicted octanol–water partition coefficient (Wildman–Crippen LogP) is 3.81. The van der Waals surface area contributed by atoms with E-state index in [9.17, 15) is 0 Å². The van der Waals surface area contributed by atoms with Crippen LogP contribution in [0, 0.1) is 6.92 Å². The third kappa shape index (κ3) is 4.25. The van der Waals surface area contributed by atoms with E-state index in [1.807, 2.05) is 6.92 Å². The molecular weight excluding hydrogens is 314 g/mol. The van der Waals surface area contributed by atoms with Gasteiger partial charge in [-0.3, -0.25) is 9.58 Å². The van der Waals surface area contributed by atoms with Gasteiger partial charge in [0.05, 0.1) is 15.9 Å². The van der Waals surface area contributed by atoms with Crippen molar-refractivity contribution < 1.29 is 0 Å². The Bertz CT molecular complexity index is 365. The Balaban J connectivity index is 2.78. The zero-order valence-corrected chi connectivity index (χ0v) is 13.9. The van der Waals surface area contributed by atoms with Gasteiger partial charge in [-0.1, -0.05) is 13.3 Å². The van der Waals surface area contributed by atoms with E-state index >= 15 is 0 Å². The highest BCUT2D eigenvalue weighted by molar-refractivity contribution is 9.10. The molecule has 0 radical (unpaired) electrons. The van der Waals surface area contributed by atoms with Gasteiger partial charge in [-0.2, -0.15) is 5.10 Å². The van der Waals surface area contributed by atoms with Crippen LogP contribution in [-0.2, 0) is 13.1 Å². The zero-order valence-electron chi connectivity index (χ0n) is 11.5. The summed E-state index contributed by atoms with van der Waals surface area (Å²) in [5, 5.41) is 4.53. The summed E-state index contributed by atoms with van der Waals surface area (Å²) in [6, 6.07) is 0. The van der Waals surface area contributed by atoms with Crippen LogP contribution in [0.1, 0.15) is 38.1 Å². The smallest absolute Gasteiger partial charge is 0.0739 e. The number of rotatable bonds is 8. The molecule has 0 unspecified atom stereocenters. The first kappa shape index (κ1) is 16.0. The highest BCUT2D eigenvalue weighted by atomic mass is 79.9. The molecule has 0 aliphatic heterocycles. The van der Waals surface area contributed by atoms with Gasteiger partial charge in [-0.25, -0.2) is 0 Å². The van der Waals surface area contributed by atoms with E-state index in [1.54, 1.807) is 0 Å². The fraction of sp³-hybridized carbons (Fsp3) is 0.769. The van der Waals surface area contributed by atoms with Crippen molar-refractivity contribution in [2.75, 3.05) is 19.0 Å². The summed E-state index contributed by atoms with van der Waals surface area (Å²) >= 11 is 9.53. The lowest BCUT2D eigenvalue weighted by molar-refractivity contribution is 0.267. The maximum Gasteiger partial charge on any atom is 0.0739 e. The van der Waals surface area contributed by atoms with Gasteiger partial charge < -0.3 is 0 Å². The summed E-state index contributed by atoms with van der Waals surface area (Å²) in [6.45, 7) is 10.2. The molecule has 0 atom stereocenters. The number of aromatic nitrogens is 2. The standard InChI is InChI=1S/C13H23BrClN3/c1-4-6-8-17(9-7-15)10-12-13(14)11(3)16-18(12)5-2/h4-10H2,1-3H3. The van der Waals surface area contributed by atoms with Gasteiger partial charge in [0.25, 0.3) is 0 Å². The Morgan fingerprint density at radius 1 is 1.33 bits per heavy atom. The third-order valence-electron chi connectivity index (χ3n) is 3.05. The molecule has 18 heavy (non-hydrogen) atoms. The number of unbranched alkanes of at least 4 members (excludes halogenated alkanes) is 1. The molecule has 0 spiro atoms. The van der Waals surface area contributed by atoms with Crippen LogP contribution in [0.2, 0.25) is 0 Å². The topological polar surface area (TPSA) is 21.1 Å². The minimum absolute atomic E-state index is 0.681. The van der Waals surface area contributed by atoms with Crippen molar-refractivity contribution in [3.63, 3.8) is 0 Å². The fourth-order valence-electron chi connectivity index (χ4n) is 2.00. The average Bonchev–Trinajstić information content (AvgIpc) is 2.63. The van der Waals surface area contributed by atoms with Crippen molar-refractivity contribution >= 4 is 27.5 Å². The molecule has 3 nitrogen and oxygen atoms in total.